The number of aliphatic hydroxyl groups is 1. The van der Waals surface area contributed by atoms with E-state index in [1.165, 1.54) is 32.1 Å². The van der Waals surface area contributed by atoms with Crippen LogP contribution in [0.1, 0.15) is 52.9 Å². The molecule has 2 saturated carbocycles. The summed E-state index contributed by atoms with van der Waals surface area (Å²) in [4.78, 5) is 2.36. The van der Waals surface area contributed by atoms with Gasteiger partial charge in [-0.3, -0.25) is 0 Å². The molecule has 0 aromatic heterocycles. The van der Waals surface area contributed by atoms with E-state index in [0.29, 0.717) is 23.5 Å². The lowest BCUT2D eigenvalue weighted by Gasteiger charge is -2.39. The minimum absolute atomic E-state index is 0.311. The molecule has 0 aromatic carbocycles. The van der Waals surface area contributed by atoms with Crippen LogP contribution in [-0.2, 0) is 4.74 Å². The predicted octanol–water partition coefficient (Wildman–Crippen LogP) is 2.67. The van der Waals surface area contributed by atoms with Gasteiger partial charge in [-0.15, -0.1) is 0 Å². The van der Waals surface area contributed by atoms with E-state index < -0.39 is 0 Å². The van der Waals surface area contributed by atoms with Crippen LogP contribution in [-0.4, -0.2) is 48.5 Å². The van der Waals surface area contributed by atoms with Gasteiger partial charge in [0.2, 0.25) is 0 Å². The Bertz CT molecular complexity index is 351. The molecule has 0 spiro atoms. The summed E-state index contributed by atoms with van der Waals surface area (Å²) in [5.74, 6) is 0.813. The molecule has 3 rings (SSSR count). The van der Waals surface area contributed by atoms with Gasteiger partial charge in [0.25, 0.3) is 0 Å². The van der Waals surface area contributed by atoms with Crippen molar-refractivity contribution in [2.75, 3.05) is 26.2 Å². The molecular weight excluding hydrogens is 250 g/mol. The Kier molecular flexibility index (Phi) is 3.89. The highest BCUT2D eigenvalue weighted by Crippen LogP contribution is 2.66. The van der Waals surface area contributed by atoms with Crippen molar-refractivity contribution >= 4 is 0 Å². The van der Waals surface area contributed by atoms with Gasteiger partial charge in [-0.2, -0.15) is 0 Å². The van der Waals surface area contributed by atoms with E-state index in [-0.39, 0.29) is 6.10 Å². The summed E-state index contributed by atoms with van der Waals surface area (Å²) in [7, 11) is 0. The Labute approximate surface area is 123 Å². The number of likely N-dealkylation sites (tertiary alicyclic amines) is 1. The van der Waals surface area contributed by atoms with Crippen LogP contribution < -0.4 is 0 Å². The fraction of sp³-hybridized carbons (Fsp3) is 1.00. The fourth-order valence-electron chi connectivity index (χ4n) is 4.93. The largest absolute Gasteiger partial charge is 0.389 e. The summed E-state index contributed by atoms with van der Waals surface area (Å²) in [6, 6.07) is 0. The summed E-state index contributed by atoms with van der Waals surface area (Å²) in [5, 5.41) is 10.2. The lowest BCUT2D eigenvalue weighted by atomic mass is 9.70. The maximum Gasteiger partial charge on any atom is 0.0900 e. The van der Waals surface area contributed by atoms with E-state index in [1.54, 1.807) is 0 Å². The molecule has 0 unspecified atom stereocenters. The average Bonchev–Trinajstić information content (AvgIpc) is 3.01. The van der Waals surface area contributed by atoms with Crippen LogP contribution in [0.2, 0.25) is 0 Å². The number of aliphatic hydroxyl groups excluding tert-OH is 1. The average molecular weight is 281 g/mol. The fourth-order valence-corrected chi connectivity index (χ4v) is 4.93. The Morgan fingerprint density at radius 3 is 2.50 bits per heavy atom. The lowest BCUT2D eigenvalue weighted by Crippen LogP contribution is -2.40. The summed E-state index contributed by atoms with van der Waals surface area (Å²) >= 11 is 0. The van der Waals surface area contributed by atoms with Crippen molar-refractivity contribution in [2.24, 2.45) is 16.7 Å². The molecule has 116 valence electrons. The first-order valence-electron chi connectivity index (χ1n) is 8.45. The highest BCUT2D eigenvalue weighted by atomic mass is 16.5. The first-order chi connectivity index (χ1) is 9.43. The minimum Gasteiger partial charge on any atom is -0.389 e. The summed E-state index contributed by atoms with van der Waals surface area (Å²) in [5.41, 5.74) is 0.711. The van der Waals surface area contributed by atoms with Gasteiger partial charge in [0.05, 0.1) is 18.8 Å². The Balaban J connectivity index is 1.49. The maximum atomic E-state index is 10.2. The van der Waals surface area contributed by atoms with Crippen LogP contribution in [0.25, 0.3) is 0 Å². The molecule has 4 atom stereocenters. The molecule has 3 nitrogen and oxygen atoms in total. The highest BCUT2D eigenvalue weighted by molar-refractivity contribution is 5.11. The zero-order valence-electron chi connectivity index (χ0n) is 13.4. The molecule has 20 heavy (non-hydrogen) atoms. The van der Waals surface area contributed by atoms with Gasteiger partial charge < -0.3 is 14.7 Å². The van der Waals surface area contributed by atoms with E-state index in [9.17, 15) is 5.11 Å². The van der Waals surface area contributed by atoms with Crippen molar-refractivity contribution in [1.82, 2.24) is 4.90 Å². The normalized spacial score (nSPS) is 41.4. The Morgan fingerprint density at radius 1 is 1.25 bits per heavy atom. The third kappa shape index (κ3) is 2.32. The zero-order valence-corrected chi connectivity index (χ0v) is 13.4. The van der Waals surface area contributed by atoms with Gasteiger partial charge in [0, 0.05) is 6.54 Å². The van der Waals surface area contributed by atoms with Gasteiger partial charge in [-0.25, -0.2) is 0 Å². The lowest BCUT2D eigenvalue weighted by molar-refractivity contribution is -0.0785. The molecule has 3 aliphatic rings. The Morgan fingerprint density at radius 2 is 1.95 bits per heavy atom. The molecule has 3 fully saturated rings. The SMILES string of the molecule is CC1(C)[C@@H]2CC[C@@]1(C)[C@H](OC[C@H](O)CN1CCCC1)C2. The molecule has 1 heterocycles. The molecule has 1 saturated heterocycles. The van der Waals surface area contributed by atoms with E-state index in [0.717, 1.165) is 25.6 Å². The van der Waals surface area contributed by atoms with Crippen molar-refractivity contribution in [3.8, 4) is 0 Å². The van der Waals surface area contributed by atoms with Gasteiger partial charge >= 0.3 is 0 Å². The summed E-state index contributed by atoms with van der Waals surface area (Å²) < 4.78 is 6.17. The first kappa shape index (κ1) is 14.8. The molecule has 3 heteroatoms. The molecule has 0 amide bonds. The van der Waals surface area contributed by atoms with Crippen LogP contribution >= 0.6 is 0 Å². The standard InChI is InChI=1S/C17H31NO2/c1-16(2)13-6-7-17(16,3)15(10-13)20-12-14(19)11-18-8-4-5-9-18/h13-15,19H,4-12H2,1-3H3/t13-,14-,15-,17+/m1/s1. The Hall–Kier alpha value is -0.120. The van der Waals surface area contributed by atoms with Crippen molar-refractivity contribution in [2.45, 2.75) is 65.1 Å². The maximum absolute atomic E-state index is 10.2. The van der Waals surface area contributed by atoms with E-state index in [1.807, 2.05) is 0 Å². The van der Waals surface area contributed by atoms with Crippen LogP contribution in [0.15, 0.2) is 0 Å². The number of nitrogens with zero attached hydrogens (tertiary/aromatic N) is 1. The van der Waals surface area contributed by atoms with Gasteiger partial charge in [-0.05, 0) is 61.9 Å². The molecule has 2 bridgehead atoms. The van der Waals surface area contributed by atoms with Crippen molar-refractivity contribution in [3.63, 3.8) is 0 Å². The number of hydrogen-bond acceptors (Lipinski definition) is 3. The smallest absolute Gasteiger partial charge is 0.0900 e. The second kappa shape index (κ2) is 5.26. The molecule has 1 aliphatic heterocycles. The second-order valence-corrected chi connectivity index (χ2v) is 8.09. The van der Waals surface area contributed by atoms with E-state index in [4.69, 9.17) is 4.74 Å². The van der Waals surface area contributed by atoms with Crippen LogP contribution in [0.3, 0.4) is 0 Å². The molecular formula is C17H31NO2. The van der Waals surface area contributed by atoms with Crippen LogP contribution in [0.4, 0.5) is 0 Å². The number of ether oxygens (including phenoxy) is 1. The summed E-state index contributed by atoms with van der Waals surface area (Å²) in [6.07, 6.45) is 6.44. The molecule has 2 aliphatic carbocycles. The van der Waals surface area contributed by atoms with Crippen LogP contribution in [0.5, 0.6) is 0 Å². The van der Waals surface area contributed by atoms with Crippen molar-refractivity contribution in [3.05, 3.63) is 0 Å². The zero-order chi connectivity index (χ0) is 14.4. The summed E-state index contributed by atoms with van der Waals surface area (Å²) in [6.45, 7) is 10.8. The number of β-amino-alcohol motifs (C(OH)–C–C–N with tert-alkyl or cyclic N) is 1. The van der Waals surface area contributed by atoms with E-state index >= 15 is 0 Å². The third-order valence-electron chi connectivity index (χ3n) is 6.87. The van der Waals surface area contributed by atoms with E-state index in [2.05, 4.69) is 25.7 Å². The number of hydrogen-bond donors (Lipinski definition) is 1. The highest BCUT2D eigenvalue weighted by Gasteiger charge is 2.61. The predicted molar refractivity (Wildman–Crippen MR) is 80.6 cm³/mol. The first-order valence-corrected chi connectivity index (χ1v) is 8.45. The monoisotopic (exact) mass is 281 g/mol. The van der Waals surface area contributed by atoms with Gasteiger partial charge in [0.1, 0.15) is 0 Å². The van der Waals surface area contributed by atoms with Crippen LogP contribution in [0, 0.1) is 16.7 Å². The van der Waals surface area contributed by atoms with Gasteiger partial charge in [0.15, 0.2) is 0 Å². The molecule has 1 N–H and O–H groups in total. The topological polar surface area (TPSA) is 32.7 Å². The molecule has 0 radical (unpaired) electrons. The van der Waals surface area contributed by atoms with Crippen molar-refractivity contribution < 1.29 is 9.84 Å². The van der Waals surface area contributed by atoms with Gasteiger partial charge in [-0.1, -0.05) is 20.8 Å². The second-order valence-electron chi connectivity index (χ2n) is 8.09. The quantitative estimate of drug-likeness (QED) is 0.841. The third-order valence-corrected chi connectivity index (χ3v) is 6.87. The van der Waals surface area contributed by atoms with Crippen molar-refractivity contribution in [1.29, 1.82) is 0 Å². The minimum atomic E-state index is -0.320. The molecule has 0 aromatic rings. The number of rotatable bonds is 5. The number of fused-ring (bicyclic) bond motifs is 2.